The van der Waals surface area contributed by atoms with Crippen LogP contribution in [0, 0.1) is 6.92 Å². The Balaban J connectivity index is 2.34. The number of hydrazine groups is 1. The van der Waals surface area contributed by atoms with Gasteiger partial charge < -0.3 is 10.8 Å². The van der Waals surface area contributed by atoms with Crippen molar-refractivity contribution in [3.8, 4) is 0 Å². The van der Waals surface area contributed by atoms with E-state index in [0.717, 1.165) is 5.56 Å². The summed E-state index contributed by atoms with van der Waals surface area (Å²) >= 11 is 0. The standard InChI is InChI=1S/C15H16N4O2/c1-10-5-6-11(15(20)21)8-14(10)19(17)9-12(16)13-4-2-3-7-18-13/h2-9H,16-17H2,1H3,(H,20,21)/b12-9-. The van der Waals surface area contributed by atoms with Gasteiger partial charge in [-0.3, -0.25) is 9.99 Å². The fourth-order valence-corrected chi connectivity index (χ4v) is 1.84. The molecule has 0 bridgehead atoms. The minimum absolute atomic E-state index is 0.163. The van der Waals surface area contributed by atoms with E-state index in [1.807, 2.05) is 13.0 Å². The van der Waals surface area contributed by atoms with Crippen molar-refractivity contribution in [3.05, 3.63) is 65.6 Å². The van der Waals surface area contributed by atoms with Crippen LogP contribution in [0.15, 0.2) is 48.8 Å². The van der Waals surface area contributed by atoms with Crippen LogP contribution in [0.2, 0.25) is 0 Å². The summed E-state index contributed by atoms with van der Waals surface area (Å²) in [6, 6.07) is 10.1. The van der Waals surface area contributed by atoms with Gasteiger partial charge in [-0.15, -0.1) is 0 Å². The van der Waals surface area contributed by atoms with Crippen molar-refractivity contribution >= 4 is 17.4 Å². The molecule has 108 valence electrons. The Bertz CT molecular complexity index is 683. The summed E-state index contributed by atoms with van der Waals surface area (Å²) in [7, 11) is 0. The van der Waals surface area contributed by atoms with Crippen molar-refractivity contribution < 1.29 is 9.90 Å². The van der Waals surface area contributed by atoms with E-state index in [2.05, 4.69) is 4.98 Å². The molecule has 0 fully saturated rings. The topological polar surface area (TPSA) is 105 Å². The molecule has 0 saturated heterocycles. The van der Waals surface area contributed by atoms with Crippen LogP contribution in [0.1, 0.15) is 21.6 Å². The number of rotatable bonds is 4. The van der Waals surface area contributed by atoms with Crippen molar-refractivity contribution in [2.75, 3.05) is 5.01 Å². The smallest absolute Gasteiger partial charge is 0.335 e. The second-order valence-electron chi connectivity index (χ2n) is 4.51. The quantitative estimate of drug-likeness (QED) is 0.583. The lowest BCUT2D eigenvalue weighted by Gasteiger charge is -2.18. The van der Waals surface area contributed by atoms with Gasteiger partial charge in [-0.25, -0.2) is 10.6 Å². The first-order valence-corrected chi connectivity index (χ1v) is 6.25. The highest BCUT2D eigenvalue weighted by atomic mass is 16.4. The molecule has 1 aromatic carbocycles. The molecule has 0 unspecified atom stereocenters. The van der Waals surface area contributed by atoms with Gasteiger partial charge >= 0.3 is 5.97 Å². The van der Waals surface area contributed by atoms with Crippen LogP contribution in [0.4, 0.5) is 5.69 Å². The molecule has 0 aliphatic rings. The van der Waals surface area contributed by atoms with Crippen LogP contribution >= 0.6 is 0 Å². The highest BCUT2D eigenvalue weighted by molar-refractivity contribution is 5.89. The molecule has 0 saturated carbocycles. The van der Waals surface area contributed by atoms with Gasteiger partial charge in [0.15, 0.2) is 0 Å². The molecule has 0 radical (unpaired) electrons. The molecule has 6 nitrogen and oxygen atoms in total. The molecule has 0 spiro atoms. The van der Waals surface area contributed by atoms with Crippen LogP contribution < -0.4 is 16.6 Å². The zero-order valence-corrected chi connectivity index (χ0v) is 11.5. The third-order valence-electron chi connectivity index (χ3n) is 2.97. The SMILES string of the molecule is Cc1ccc(C(=O)O)cc1N(N)/C=C(\N)c1ccccn1. The number of carbonyl (C=O) groups is 1. The molecule has 1 heterocycles. The molecule has 2 aromatic rings. The molecule has 2 rings (SSSR count). The van der Waals surface area contributed by atoms with E-state index in [1.165, 1.54) is 23.3 Å². The van der Waals surface area contributed by atoms with E-state index in [0.29, 0.717) is 17.1 Å². The van der Waals surface area contributed by atoms with Crippen LogP contribution in [-0.4, -0.2) is 16.1 Å². The Morgan fingerprint density at radius 1 is 1.33 bits per heavy atom. The second-order valence-corrected chi connectivity index (χ2v) is 4.51. The van der Waals surface area contributed by atoms with E-state index in [-0.39, 0.29) is 5.56 Å². The van der Waals surface area contributed by atoms with Gasteiger partial charge in [-0.05, 0) is 36.8 Å². The predicted molar refractivity (Wildman–Crippen MR) is 81.2 cm³/mol. The van der Waals surface area contributed by atoms with Crippen molar-refractivity contribution in [3.63, 3.8) is 0 Å². The van der Waals surface area contributed by atoms with Crippen LogP contribution in [0.3, 0.4) is 0 Å². The van der Waals surface area contributed by atoms with Crippen LogP contribution in [-0.2, 0) is 0 Å². The fraction of sp³-hybridized carbons (Fsp3) is 0.0667. The molecule has 0 amide bonds. The fourth-order valence-electron chi connectivity index (χ4n) is 1.84. The Labute approximate surface area is 122 Å². The molecule has 0 aliphatic heterocycles. The average Bonchev–Trinajstić information content (AvgIpc) is 2.48. The number of anilines is 1. The number of hydrogen-bond donors (Lipinski definition) is 3. The number of aromatic nitrogens is 1. The number of carboxylic acid groups (broad SMARTS) is 1. The molecule has 6 heteroatoms. The number of aryl methyl sites for hydroxylation is 1. The Kier molecular flexibility index (Phi) is 4.20. The van der Waals surface area contributed by atoms with E-state index in [1.54, 1.807) is 24.4 Å². The summed E-state index contributed by atoms with van der Waals surface area (Å²) in [5, 5.41) is 10.3. The summed E-state index contributed by atoms with van der Waals surface area (Å²) in [5.41, 5.74) is 8.49. The van der Waals surface area contributed by atoms with Gasteiger partial charge in [-0.2, -0.15) is 0 Å². The zero-order chi connectivity index (χ0) is 15.4. The summed E-state index contributed by atoms with van der Waals surface area (Å²) < 4.78 is 0. The van der Waals surface area contributed by atoms with Gasteiger partial charge in [0.25, 0.3) is 0 Å². The third-order valence-corrected chi connectivity index (χ3v) is 2.97. The van der Waals surface area contributed by atoms with Gasteiger partial charge in [0, 0.05) is 12.4 Å². The van der Waals surface area contributed by atoms with Gasteiger partial charge in [0.2, 0.25) is 0 Å². The monoisotopic (exact) mass is 284 g/mol. The number of aromatic carboxylic acids is 1. The van der Waals surface area contributed by atoms with Gasteiger partial charge in [-0.1, -0.05) is 12.1 Å². The van der Waals surface area contributed by atoms with Crippen LogP contribution in [0.5, 0.6) is 0 Å². The van der Waals surface area contributed by atoms with Crippen LogP contribution in [0.25, 0.3) is 5.70 Å². The lowest BCUT2D eigenvalue weighted by atomic mass is 10.1. The lowest BCUT2D eigenvalue weighted by Crippen LogP contribution is -2.27. The maximum absolute atomic E-state index is 11.0. The zero-order valence-electron chi connectivity index (χ0n) is 11.5. The van der Waals surface area contributed by atoms with Crippen molar-refractivity contribution in [2.45, 2.75) is 6.92 Å². The molecular weight excluding hydrogens is 268 g/mol. The summed E-state index contributed by atoms with van der Waals surface area (Å²) in [6.07, 6.45) is 3.14. The number of pyridine rings is 1. The maximum atomic E-state index is 11.0. The molecule has 0 atom stereocenters. The van der Waals surface area contributed by atoms with E-state index in [9.17, 15) is 4.79 Å². The van der Waals surface area contributed by atoms with Gasteiger partial charge in [0.05, 0.1) is 22.6 Å². The van der Waals surface area contributed by atoms with E-state index < -0.39 is 5.97 Å². The van der Waals surface area contributed by atoms with E-state index >= 15 is 0 Å². The molecular formula is C15H16N4O2. The molecule has 0 aliphatic carbocycles. The number of nitrogens with zero attached hydrogens (tertiary/aromatic N) is 2. The number of nitrogens with two attached hydrogens (primary N) is 2. The van der Waals surface area contributed by atoms with E-state index in [4.69, 9.17) is 16.7 Å². The minimum Gasteiger partial charge on any atom is -0.478 e. The number of hydrogen-bond acceptors (Lipinski definition) is 5. The lowest BCUT2D eigenvalue weighted by molar-refractivity contribution is 0.0697. The summed E-state index contributed by atoms with van der Waals surface area (Å²) in [6.45, 7) is 1.84. The normalized spacial score (nSPS) is 11.2. The molecule has 5 N–H and O–H groups in total. The first kappa shape index (κ1) is 14.5. The number of carboxylic acids is 1. The Morgan fingerprint density at radius 3 is 2.71 bits per heavy atom. The predicted octanol–water partition coefficient (Wildman–Crippen LogP) is 1.73. The molecule has 1 aromatic heterocycles. The first-order chi connectivity index (χ1) is 9.99. The van der Waals surface area contributed by atoms with Crippen molar-refractivity contribution in [1.29, 1.82) is 0 Å². The Hall–Kier alpha value is -2.86. The Morgan fingerprint density at radius 2 is 2.10 bits per heavy atom. The molecule has 21 heavy (non-hydrogen) atoms. The largest absolute Gasteiger partial charge is 0.478 e. The second kappa shape index (κ2) is 6.06. The third kappa shape index (κ3) is 3.37. The maximum Gasteiger partial charge on any atom is 0.335 e. The average molecular weight is 284 g/mol. The number of benzene rings is 1. The highest BCUT2D eigenvalue weighted by Gasteiger charge is 2.10. The minimum atomic E-state index is -1.01. The highest BCUT2D eigenvalue weighted by Crippen LogP contribution is 2.21. The van der Waals surface area contributed by atoms with Crippen molar-refractivity contribution in [2.24, 2.45) is 11.6 Å². The van der Waals surface area contributed by atoms with Gasteiger partial charge in [0.1, 0.15) is 0 Å². The summed E-state index contributed by atoms with van der Waals surface area (Å²) in [5.74, 6) is 4.95. The van der Waals surface area contributed by atoms with Crippen molar-refractivity contribution in [1.82, 2.24) is 4.98 Å². The summed E-state index contributed by atoms with van der Waals surface area (Å²) in [4.78, 5) is 15.1. The first-order valence-electron chi connectivity index (χ1n) is 6.25.